The Labute approximate surface area is 95.9 Å². The van der Waals surface area contributed by atoms with Crippen LogP contribution in [0.25, 0.3) is 0 Å². The standard InChI is InChI=1S/C11H20N2O3/c1-3-16-7-10(14)13-9-6-4-5-8(9)11(15)12-2/h8-9H,3-7H2,1-2H3,(H,12,15)(H,13,14)/t8-,9+/m0/s1. The van der Waals surface area contributed by atoms with Gasteiger partial charge in [0.05, 0.1) is 5.92 Å². The first-order chi connectivity index (χ1) is 7.69. The SMILES string of the molecule is CCOCC(=O)N[C@@H]1CCC[C@@H]1C(=O)NC. The van der Waals surface area contributed by atoms with E-state index in [1.807, 2.05) is 6.92 Å². The van der Waals surface area contributed by atoms with Gasteiger partial charge >= 0.3 is 0 Å². The molecule has 1 aliphatic rings. The van der Waals surface area contributed by atoms with Gasteiger partial charge in [-0.1, -0.05) is 6.42 Å². The molecule has 5 heteroatoms. The molecular weight excluding hydrogens is 208 g/mol. The largest absolute Gasteiger partial charge is 0.372 e. The number of rotatable bonds is 5. The minimum absolute atomic E-state index is 0.0132. The highest BCUT2D eigenvalue weighted by Gasteiger charge is 2.33. The molecule has 0 heterocycles. The molecule has 0 aromatic rings. The fourth-order valence-electron chi connectivity index (χ4n) is 2.08. The van der Waals surface area contributed by atoms with Crippen LogP contribution in [0.3, 0.4) is 0 Å². The molecule has 0 bridgehead atoms. The summed E-state index contributed by atoms with van der Waals surface area (Å²) in [6.45, 7) is 2.45. The van der Waals surface area contributed by atoms with Crippen LogP contribution in [0.15, 0.2) is 0 Å². The Hall–Kier alpha value is -1.10. The van der Waals surface area contributed by atoms with Crippen LogP contribution < -0.4 is 10.6 Å². The molecule has 0 saturated heterocycles. The minimum atomic E-state index is -0.136. The Morgan fingerprint density at radius 1 is 1.38 bits per heavy atom. The lowest BCUT2D eigenvalue weighted by atomic mass is 10.0. The molecule has 2 amide bonds. The van der Waals surface area contributed by atoms with Crippen molar-refractivity contribution in [2.75, 3.05) is 20.3 Å². The number of ether oxygens (including phenoxy) is 1. The highest BCUT2D eigenvalue weighted by atomic mass is 16.5. The summed E-state index contributed by atoms with van der Waals surface area (Å²) in [5, 5.41) is 5.49. The summed E-state index contributed by atoms with van der Waals surface area (Å²) in [5.74, 6) is -0.211. The highest BCUT2D eigenvalue weighted by Crippen LogP contribution is 2.25. The third kappa shape index (κ3) is 3.48. The lowest BCUT2D eigenvalue weighted by Crippen LogP contribution is -2.44. The summed E-state index contributed by atoms with van der Waals surface area (Å²) in [4.78, 5) is 23.0. The van der Waals surface area contributed by atoms with Gasteiger partial charge in [-0.15, -0.1) is 0 Å². The third-order valence-electron chi connectivity index (χ3n) is 2.88. The van der Waals surface area contributed by atoms with Gasteiger partial charge in [-0.3, -0.25) is 9.59 Å². The molecule has 0 radical (unpaired) electrons. The molecule has 1 aliphatic carbocycles. The summed E-state index contributed by atoms with van der Waals surface area (Å²) >= 11 is 0. The Balaban J connectivity index is 2.40. The van der Waals surface area contributed by atoms with Crippen molar-refractivity contribution in [3.63, 3.8) is 0 Å². The van der Waals surface area contributed by atoms with Crippen molar-refractivity contribution < 1.29 is 14.3 Å². The van der Waals surface area contributed by atoms with Gasteiger partial charge in [-0.05, 0) is 19.8 Å². The first-order valence-corrected chi connectivity index (χ1v) is 5.77. The summed E-state index contributed by atoms with van der Waals surface area (Å²) in [5.41, 5.74) is 0. The fourth-order valence-corrected chi connectivity index (χ4v) is 2.08. The Bertz CT molecular complexity index is 256. The molecule has 1 fully saturated rings. The van der Waals surface area contributed by atoms with E-state index in [0.717, 1.165) is 19.3 Å². The van der Waals surface area contributed by atoms with Gasteiger partial charge in [-0.25, -0.2) is 0 Å². The van der Waals surface area contributed by atoms with Crippen LogP contribution in [0.4, 0.5) is 0 Å². The van der Waals surface area contributed by atoms with Gasteiger partial charge in [0.1, 0.15) is 6.61 Å². The van der Waals surface area contributed by atoms with Crippen LogP contribution in [0, 0.1) is 5.92 Å². The second-order valence-electron chi connectivity index (χ2n) is 3.96. The molecule has 0 aromatic carbocycles. The molecule has 0 aromatic heterocycles. The van der Waals surface area contributed by atoms with Crippen molar-refractivity contribution in [3.8, 4) is 0 Å². The van der Waals surface area contributed by atoms with Gasteiger partial charge in [0.15, 0.2) is 0 Å². The van der Waals surface area contributed by atoms with Crippen LogP contribution in [-0.4, -0.2) is 38.1 Å². The molecule has 1 rings (SSSR count). The molecule has 2 N–H and O–H groups in total. The van der Waals surface area contributed by atoms with Gasteiger partial charge in [0, 0.05) is 19.7 Å². The third-order valence-corrected chi connectivity index (χ3v) is 2.88. The van der Waals surface area contributed by atoms with E-state index in [0.29, 0.717) is 6.61 Å². The molecule has 0 aliphatic heterocycles. The van der Waals surface area contributed by atoms with Gasteiger partial charge in [0.25, 0.3) is 0 Å². The van der Waals surface area contributed by atoms with Crippen molar-refractivity contribution in [1.29, 1.82) is 0 Å². The quantitative estimate of drug-likeness (QED) is 0.699. The second-order valence-corrected chi connectivity index (χ2v) is 3.96. The lowest BCUT2D eigenvalue weighted by Gasteiger charge is -2.19. The van der Waals surface area contributed by atoms with Crippen molar-refractivity contribution in [1.82, 2.24) is 10.6 Å². The number of nitrogens with one attached hydrogen (secondary N) is 2. The maximum atomic E-state index is 11.5. The first-order valence-electron chi connectivity index (χ1n) is 5.77. The molecule has 16 heavy (non-hydrogen) atoms. The van der Waals surface area contributed by atoms with Crippen molar-refractivity contribution in [2.45, 2.75) is 32.2 Å². The summed E-state index contributed by atoms with van der Waals surface area (Å²) in [6, 6.07) is -0.0343. The number of amides is 2. The molecule has 0 unspecified atom stereocenters. The maximum Gasteiger partial charge on any atom is 0.246 e. The maximum absolute atomic E-state index is 11.5. The molecule has 0 spiro atoms. The second kappa shape index (κ2) is 6.48. The van der Waals surface area contributed by atoms with Crippen LogP contribution in [0.5, 0.6) is 0 Å². The minimum Gasteiger partial charge on any atom is -0.372 e. The van der Waals surface area contributed by atoms with E-state index >= 15 is 0 Å². The molecule has 1 saturated carbocycles. The normalized spacial score (nSPS) is 24.1. The highest BCUT2D eigenvalue weighted by molar-refractivity contribution is 5.82. The van der Waals surface area contributed by atoms with Crippen LogP contribution in [-0.2, 0) is 14.3 Å². The average Bonchev–Trinajstić information content (AvgIpc) is 2.73. The number of carbonyl (C=O) groups is 2. The molecular formula is C11H20N2O3. The van der Waals surface area contributed by atoms with Gasteiger partial charge in [-0.2, -0.15) is 0 Å². The zero-order valence-electron chi connectivity index (χ0n) is 9.91. The van der Waals surface area contributed by atoms with E-state index in [9.17, 15) is 9.59 Å². The predicted molar refractivity (Wildman–Crippen MR) is 59.8 cm³/mol. The summed E-state index contributed by atoms with van der Waals surface area (Å²) in [7, 11) is 1.62. The van der Waals surface area contributed by atoms with E-state index < -0.39 is 0 Å². The van der Waals surface area contributed by atoms with E-state index in [4.69, 9.17) is 4.74 Å². The van der Waals surface area contributed by atoms with Crippen molar-refractivity contribution in [3.05, 3.63) is 0 Å². The zero-order chi connectivity index (χ0) is 12.0. The Morgan fingerprint density at radius 3 is 2.75 bits per heavy atom. The smallest absolute Gasteiger partial charge is 0.246 e. The molecule has 2 atom stereocenters. The van der Waals surface area contributed by atoms with Crippen molar-refractivity contribution in [2.24, 2.45) is 5.92 Å². The average molecular weight is 228 g/mol. The van der Waals surface area contributed by atoms with E-state index in [1.54, 1.807) is 7.05 Å². The van der Waals surface area contributed by atoms with Crippen LogP contribution in [0.1, 0.15) is 26.2 Å². The van der Waals surface area contributed by atoms with Gasteiger partial charge < -0.3 is 15.4 Å². The summed E-state index contributed by atoms with van der Waals surface area (Å²) < 4.78 is 5.02. The van der Waals surface area contributed by atoms with E-state index in [2.05, 4.69) is 10.6 Å². The lowest BCUT2D eigenvalue weighted by molar-refractivity contribution is -0.128. The molecule has 5 nitrogen and oxygen atoms in total. The number of hydrogen-bond donors (Lipinski definition) is 2. The topological polar surface area (TPSA) is 67.4 Å². The van der Waals surface area contributed by atoms with E-state index in [1.165, 1.54) is 0 Å². The predicted octanol–water partition coefficient (Wildman–Crippen LogP) is 0.0538. The Kier molecular flexibility index (Phi) is 5.25. The first kappa shape index (κ1) is 13.0. The summed E-state index contributed by atoms with van der Waals surface area (Å²) in [6.07, 6.45) is 2.70. The zero-order valence-corrected chi connectivity index (χ0v) is 9.91. The number of carbonyl (C=O) groups excluding carboxylic acids is 2. The monoisotopic (exact) mass is 228 g/mol. The van der Waals surface area contributed by atoms with E-state index in [-0.39, 0.29) is 30.4 Å². The fraction of sp³-hybridized carbons (Fsp3) is 0.818. The van der Waals surface area contributed by atoms with Crippen LogP contribution in [0.2, 0.25) is 0 Å². The number of hydrogen-bond acceptors (Lipinski definition) is 3. The van der Waals surface area contributed by atoms with Crippen molar-refractivity contribution >= 4 is 11.8 Å². The molecule has 92 valence electrons. The Morgan fingerprint density at radius 2 is 2.12 bits per heavy atom. The van der Waals surface area contributed by atoms with Crippen LogP contribution >= 0.6 is 0 Å². The van der Waals surface area contributed by atoms with Gasteiger partial charge in [0.2, 0.25) is 11.8 Å².